The number of benzene rings is 1. The highest BCUT2D eigenvalue weighted by Crippen LogP contribution is 2.28. The van der Waals surface area contributed by atoms with Crippen LogP contribution in [0.3, 0.4) is 0 Å². The number of hydrogen-bond donors (Lipinski definition) is 2. The van der Waals surface area contributed by atoms with Crippen LogP contribution in [0.25, 0.3) is 0 Å². The molecule has 1 aliphatic heterocycles. The van der Waals surface area contributed by atoms with Crippen LogP contribution < -0.4 is 5.32 Å². The van der Waals surface area contributed by atoms with Crippen molar-refractivity contribution in [1.82, 2.24) is 5.32 Å². The first kappa shape index (κ1) is 16.6. The van der Waals surface area contributed by atoms with Crippen molar-refractivity contribution in [3.63, 3.8) is 0 Å². The highest BCUT2D eigenvalue weighted by Gasteiger charge is 2.39. The lowest BCUT2D eigenvalue weighted by Gasteiger charge is -2.36. The largest absolute Gasteiger partial charge is 0.454 e. The number of esters is 1. The van der Waals surface area contributed by atoms with Crippen LogP contribution in [0.2, 0.25) is 0 Å². The van der Waals surface area contributed by atoms with E-state index < -0.39 is 30.4 Å². The molecule has 0 aromatic heterocycles. The van der Waals surface area contributed by atoms with Crippen molar-refractivity contribution < 1.29 is 19.0 Å². The highest BCUT2D eigenvalue weighted by atomic mass is 19.1. The first-order valence-electron chi connectivity index (χ1n) is 7.31. The van der Waals surface area contributed by atoms with Gasteiger partial charge in [0.15, 0.2) is 6.17 Å². The molecule has 4 nitrogen and oxygen atoms in total. The summed E-state index contributed by atoms with van der Waals surface area (Å²) < 4.78 is 19.7. The normalized spacial score (nSPS) is 24.7. The molecule has 0 aliphatic carbocycles. The second-order valence-electron chi connectivity index (χ2n) is 6.48. The van der Waals surface area contributed by atoms with Crippen LogP contribution >= 0.6 is 0 Å². The smallest absolute Gasteiger partial charge is 0.330 e. The topological polar surface area (TPSA) is 58.6 Å². The van der Waals surface area contributed by atoms with Crippen LogP contribution in [0.5, 0.6) is 0 Å². The first-order valence-corrected chi connectivity index (χ1v) is 7.31. The zero-order chi connectivity index (χ0) is 16.3. The van der Waals surface area contributed by atoms with E-state index in [1.165, 1.54) is 6.08 Å². The van der Waals surface area contributed by atoms with Gasteiger partial charge in [0, 0.05) is 11.6 Å². The number of rotatable bonds is 4. The SMILES string of the molecule is CC(C)(C)NC1C=CC(=O)OC1C(O)C(F)c1ccccc1. The Labute approximate surface area is 130 Å². The molecule has 0 fully saturated rings. The molecule has 0 bridgehead atoms. The van der Waals surface area contributed by atoms with Crippen LogP contribution in [0.15, 0.2) is 42.5 Å². The molecule has 0 amide bonds. The fourth-order valence-electron chi connectivity index (χ4n) is 2.45. The molecule has 2 N–H and O–H groups in total. The number of carbonyl (C=O) groups excluding carboxylic acids is 1. The fraction of sp³-hybridized carbons (Fsp3) is 0.471. The molecule has 1 heterocycles. The number of halogens is 1. The second kappa shape index (κ2) is 6.58. The third-order valence-corrected chi connectivity index (χ3v) is 3.40. The molecule has 120 valence electrons. The van der Waals surface area contributed by atoms with Crippen molar-refractivity contribution in [1.29, 1.82) is 0 Å². The van der Waals surface area contributed by atoms with Gasteiger partial charge in [-0.15, -0.1) is 0 Å². The van der Waals surface area contributed by atoms with Gasteiger partial charge in [-0.2, -0.15) is 0 Å². The Morgan fingerprint density at radius 2 is 1.91 bits per heavy atom. The minimum absolute atomic E-state index is 0.269. The molecule has 5 heteroatoms. The third kappa shape index (κ3) is 4.15. The summed E-state index contributed by atoms with van der Waals surface area (Å²) in [6.45, 7) is 5.85. The number of nitrogens with one attached hydrogen (secondary N) is 1. The molecule has 0 saturated carbocycles. The summed E-state index contributed by atoms with van der Waals surface area (Å²) in [7, 11) is 0. The summed E-state index contributed by atoms with van der Waals surface area (Å²) in [6.07, 6.45) is -1.15. The number of carbonyl (C=O) groups is 1. The molecular formula is C17H22FNO3. The fourth-order valence-corrected chi connectivity index (χ4v) is 2.45. The van der Waals surface area contributed by atoms with E-state index in [0.717, 1.165) is 0 Å². The summed E-state index contributed by atoms with van der Waals surface area (Å²) in [5.74, 6) is -0.573. The number of cyclic esters (lactones) is 1. The van der Waals surface area contributed by atoms with E-state index in [2.05, 4.69) is 5.32 Å². The van der Waals surface area contributed by atoms with Gasteiger partial charge in [-0.3, -0.25) is 0 Å². The lowest BCUT2D eigenvalue weighted by Crippen LogP contribution is -2.55. The van der Waals surface area contributed by atoms with Gasteiger partial charge in [0.25, 0.3) is 0 Å². The Morgan fingerprint density at radius 3 is 2.50 bits per heavy atom. The van der Waals surface area contributed by atoms with E-state index in [1.807, 2.05) is 20.8 Å². The Kier molecular flexibility index (Phi) is 4.98. The predicted molar refractivity (Wildman–Crippen MR) is 82.0 cm³/mol. The summed E-state index contributed by atoms with van der Waals surface area (Å²) in [4.78, 5) is 11.5. The molecule has 22 heavy (non-hydrogen) atoms. The number of aliphatic hydroxyl groups is 1. The Bertz CT molecular complexity index is 539. The molecule has 1 aliphatic rings. The van der Waals surface area contributed by atoms with Crippen LogP contribution in [0, 0.1) is 0 Å². The molecule has 4 atom stereocenters. The molecule has 1 aromatic rings. The average Bonchev–Trinajstić information content (AvgIpc) is 2.47. The molecule has 4 unspecified atom stereocenters. The third-order valence-electron chi connectivity index (χ3n) is 3.40. The average molecular weight is 307 g/mol. The van der Waals surface area contributed by atoms with Crippen molar-refractivity contribution in [3.8, 4) is 0 Å². The van der Waals surface area contributed by atoms with Crippen molar-refractivity contribution in [2.24, 2.45) is 0 Å². The number of alkyl halides is 1. The van der Waals surface area contributed by atoms with E-state index in [-0.39, 0.29) is 5.54 Å². The molecule has 0 radical (unpaired) electrons. The number of aliphatic hydroxyl groups excluding tert-OH is 1. The van der Waals surface area contributed by atoms with Crippen molar-refractivity contribution >= 4 is 5.97 Å². The Morgan fingerprint density at radius 1 is 1.27 bits per heavy atom. The zero-order valence-corrected chi connectivity index (χ0v) is 13.0. The maximum Gasteiger partial charge on any atom is 0.330 e. The van der Waals surface area contributed by atoms with Gasteiger partial charge in [0.1, 0.15) is 12.2 Å². The Balaban J connectivity index is 2.19. The van der Waals surface area contributed by atoms with E-state index in [9.17, 15) is 14.3 Å². The van der Waals surface area contributed by atoms with Crippen LogP contribution in [0.1, 0.15) is 32.5 Å². The molecule has 1 aromatic carbocycles. The number of hydrogen-bond acceptors (Lipinski definition) is 4. The van der Waals surface area contributed by atoms with Crippen LogP contribution in [-0.4, -0.2) is 34.9 Å². The van der Waals surface area contributed by atoms with Gasteiger partial charge < -0.3 is 15.2 Å². The van der Waals surface area contributed by atoms with Gasteiger partial charge in [-0.1, -0.05) is 36.4 Å². The van der Waals surface area contributed by atoms with E-state index in [0.29, 0.717) is 5.56 Å². The molecule has 0 saturated heterocycles. The minimum Gasteiger partial charge on any atom is -0.454 e. The lowest BCUT2D eigenvalue weighted by atomic mass is 9.93. The first-order chi connectivity index (χ1) is 10.3. The predicted octanol–water partition coefficient (Wildman–Crippen LogP) is 2.30. The zero-order valence-electron chi connectivity index (χ0n) is 13.0. The quantitative estimate of drug-likeness (QED) is 0.838. The molecule has 0 spiro atoms. The summed E-state index contributed by atoms with van der Waals surface area (Å²) in [5, 5.41) is 13.6. The minimum atomic E-state index is -1.63. The molecular weight excluding hydrogens is 285 g/mol. The van der Waals surface area contributed by atoms with Crippen molar-refractivity contribution in [3.05, 3.63) is 48.0 Å². The number of ether oxygens (including phenoxy) is 1. The van der Waals surface area contributed by atoms with Gasteiger partial charge in [0.05, 0.1) is 6.04 Å². The van der Waals surface area contributed by atoms with Crippen molar-refractivity contribution in [2.45, 2.75) is 50.7 Å². The standard InChI is InChI=1S/C17H22FNO3/c1-17(2,3)19-12-9-10-13(20)22-16(12)15(21)14(18)11-7-5-4-6-8-11/h4-10,12,14-16,19,21H,1-3H3. The van der Waals surface area contributed by atoms with Gasteiger partial charge in [0.2, 0.25) is 0 Å². The lowest BCUT2D eigenvalue weighted by molar-refractivity contribution is -0.156. The van der Waals surface area contributed by atoms with Gasteiger partial charge in [-0.25, -0.2) is 9.18 Å². The maximum atomic E-state index is 14.6. The van der Waals surface area contributed by atoms with Crippen LogP contribution in [-0.2, 0) is 9.53 Å². The highest BCUT2D eigenvalue weighted by molar-refractivity contribution is 5.83. The summed E-state index contributed by atoms with van der Waals surface area (Å²) in [5.41, 5.74) is 0.0880. The monoisotopic (exact) mass is 307 g/mol. The summed E-state index contributed by atoms with van der Waals surface area (Å²) >= 11 is 0. The summed E-state index contributed by atoms with van der Waals surface area (Å²) in [6, 6.07) is 7.92. The second-order valence-corrected chi connectivity index (χ2v) is 6.48. The van der Waals surface area contributed by atoms with Gasteiger partial charge in [-0.05, 0) is 26.3 Å². The van der Waals surface area contributed by atoms with Crippen LogP contribution in [0.4, 0.5) is 4.39 Å². The maximum absolute atomic E-state index is 14.6. The molecule has 2 rings (SSSR count). The van der Waals surface area contributed by atoms with E-state index in [4.69, 9.17) is 4.74 Å². The Hall–Kier alpha value is -1.72. The van der Waals surface area contributed by atoms with E-state index >= 15 is 0 Å². The van der Waals surface area contributed by atoms with Gasteiger partial charge >= 0.3 is 5.97 Å². The van der Waals surface area contributed by atoms with E-state index in [1.54, 1.807) is 36.4 Å². The van der Waals surface area contributed by atoms with Crippen molar-refractivity contribution in [2.75, 3.05) is 0 Å².